The SMILES string of the molecule is CCOc1ccc2c(OS(C)(=O)=O)c(C#N)c(=O)n(-c3ccccc3)c2n1. The standard InChI is InChI=1S/C18H15N3O5S/c1-3-25-15-10-9-13-16(26-27(2,23)24)14(11-19)18(22)21(17(13)20-15)12-7-5-4-6-8-12/h4-10H,3H2,1-2H3. The van der Waals surface area contributed by atoms with Gasteiger partial charge in [-0.2, -0.15) is 18.7 Å². The highest BCUT2D eigenvalue weighted by molar-refractivity contribution is 7.86. The van der Waals surface area contributed by atoms with E-state index < -0.39 is 21.2 Å². The van der Waals surface area contributed by atoms with Gasteiger partial charge in [-0.05, 0) is 25.1 Å². The summed E-state index contributed by atoms with van der Waals surface area (Å²) in [4.78, 5) is 17.3. The first-order valence-electron chi connectivity index (χ1n) is 7.93. The number of ether oxygens (including phenoxy) is 1. The molecule has 0 saturated carbocycles. The molecule has 3 aromatic rings. The Labute approximate surface area is 155 Å². The molecule has 0 amide bonds. The quantitative estimate of drug-likeness (QED) is 0.618. The fourth-order valence-corrected chi connectivity index (χ4v) is 3.08. The normalized spacial score (nSPS) is 11.1. The highest BCUT2D eigenvalue weighted by Gasteiger charge is 2.23. The maximum Gasteiger partial charge on any atom is 0.306 e. The summed E-state index contributed by atoms with van der Waals surface area (Å²) in [7, 11) is -3.97. The second kappa shape index (κ2) is 7.09. The molecule has 0 spiro atoms. The summed E-state index contributed by atoms with van der Waals surface area (Å²) in [6.07, 6.45) is 0.838. The van der Waals surface area contributed by atoms with Gasteiger partial charge in [0, 0.05) is 6.07 Å². The lowest BCUT2D eigenvalue weighted by Gasteiger charge is -2.15. The zero-order valence-electron chi connectivity index (χ0n) is 14.5. The summed E-state index contributed by atoms with van der Waals surface area (Å²) in [6.45, 7) is 2.14. The van der Waals surface area contributed by atoms with Crippen molar-refractivity contribution >= 4 is 21.2 Å². The van der Waals surface area contributed by atoms with Crippen molar-refractivity contribution in [3.8, 4) is 23.4 Å². The molecule has 138 valence electrons. The van der Waals surface area contributed by atoms with Gasteiger partial charge >= 0.3 is 10.1 Å². The van der Waals surface area contributed by atoms with Crippen LogP contribution in [0.5, 0.6) is 11.6 Å². The lowest BCUT2D eigenvalue weighted by atomic mass is 10.1. The number of fused-ring (bicyclic) bond motifs is 1. The van der Waals surface area contributed by atoms with Crippen LogP contribution in [-0.4, -0.2) is 30.8 Å². The van der Waals surface area contributed by atoms with Crippen molar-refractivity contribution in [1.29, 1.82) is 5.26 Å². The summed E-state index contributed by atoms with van der Waals surface area (Å²) in [5.41, 5.74) is -0.579. The minimum absolute atomic E-state index is 0.120. The molecule has 1 aromatic carbocycles. The molecule has 3 rings (SSSR count). The van der Waals surface area contributed by atoms with Crippen LogP contribution in [-0.2, 0) is 10.1 Å². The fraction of sp³-hybridized carbons (Fsp3) is 0.167. The molecule has 0 saturated heterocycles. The predicted molar refractivity (Wildman–Crippen MR) is 98.7 cm³/mol. The van der Waals surface area contributed by atoms with Gasteiger partial charge in [0.1, 0.15) is 6.07 Å². The average molecular weight is 385 g/mol. The van der Waals surface area contributed by atoms with E-state index in [4.69, 9.17) is 8.92 Å². The fourth-order valence-electron chi connectivity index (χ4n) is 2.60. The zero-order valence-corrected chi connectivity index (χ0v) is 15.4. The first kappa shape index (κ1) is 18.4. The second-order valence-corrected chi connectivity index (χ2v) is 7.11. The van der Waals surface area contributed by atoms with Crippen molar-refractivity contribution in [3.63, 3.8) is 0 Å². The van der Waals surface area contributed by atoms with E-state index in [1.165, 1.54) is 16.7 Å². The van der Waals surface area contributed by atoms with Crippen molar-refractivity contribution in [2.45, 2.75) is 6.92 Å². The predicted octanol–water partition coefficient (Wildman–Crippen LogP) is 1.99. The molecule has 2 aromatic heterocycles. The Bertz CT molecular complexity index is 1210. The van der Waals surface area contributed by atoms with E-state index in [0.29, 0.717) is 12.3 Å². The van der Waals surface area contributed by atoms with E-state index in [-0.39, 0.29) is 22.7 Å². The number of nitriles is 1. The molecule has 0 bridgehead atoms. The smallest absolute Gasteiger partial charge is 0.306 e. The summed E-state index contributed by atoms with van der Waals surface area (Å²) in [5.74, 6) is -0.0909. The molecule has 27 heavy (non-hydrogen) atoms. The van der Waals surface area contributed by atoms with E-state index in [1.54, 1.807) is 43.3 Å². The van der Waals surface area contributed by atoms with Crippen LogP contribution in [0.2, 0.25) is 0 Å². The van der Waals surface area contributed by atoms with Gasteiger partial charge in [-0.15, -0.1) is 0 Å². The molecule has 0 aliphatic carbocycles. The number of hydrogen-bond acceptors (Lipinski definition) is 7. The Morgan fingerprint density at radius 2 is 1.89 bits per heavy atom. The Morgan fingerprint density at radius 3 is 2.48 bits per heavy atom. The van der Waals surface area contributed by atoms with E-state index in [9.17, 15) is 18.5 Å². The zero-order chi connectivity index (χ0) is 19.6. The minimum Gasteiger partial charge on any atom is -0.478 e. The molecule has 0 aliphatic rings. The third-order valence-electron chi connectivity index (χ3n) is 3.60. The Kier molecular flexibility index (Phi) is 4.83. The first-order valence-corrected chi connectivity index (χ1v) is 9.75. The van der Waals surface area contributed by atoms with Crippen molar-refractivity contribution in [3.05, 3.63) is 58.4 Å². The van der Waals surface area contributed by atoms with Crippen LogP contribution in [0.1, 0.15) is 12.5 Å². The van der Waals surface area contributed by atoms with E-state index in [2.05, 4.69) is 4.98 Å². The van der Waals surface area contributed by atoms with Crippen molar-refractivity contribution in [2.75, 3.05) is 12.9 Å². The van der Waals surface area contributed by atoms with Crippen molar-refractivity contribution in [1.82, 2.24) is 9.55 Å². The third-order valence-corrected chi connectivity index (χ3v) is 4.07. The second-order valence-electron chi connectivity index (χ2n) is 5.53. The number of para-hydroxylation sites is 1. The lowest BCUT2D eigenvalue weighted by molar-refractivity contribution is 0.328. The van der Waals surface area contributed by atoms with Gasteiger partial charge in [0.05, 0.1) is 23.9 Å². The maximum atomic E-state index is 13.0. The van der Waals surface area contributed by atoms with Gasteiger partial charge in [0.15, 0.2) is 17.0 Å². The molecule has 0 N–H and O–H groups in total. The minimum atomic E-state index is -3.97. The molecule has 0 fully saturated rings. The van der Waals surface area contributed by atoms with Gasteiger partial charge < -0.3 is 8.92 Å². The van der Waals surface area contributed by atoms with Gasteiger partial charge in [-0.3, -0.25) is 9.36 Å². The number of nitrogens with zero attached hydrogens (tertiary/aromatic N) is 3. The number of rotatable bonds is 5. The molecule has 0 aliphatic heterocycles. The monoisotopic (exact) mass is 385 g/mol. The van der Waals surface area contributed by atoms with E-state index in [0.717, 1.165) is 6.26 Å². The van der Waals surface area contributed by atoms with Gasteiger partial charge in [0.2, 0.25) is 5.88 Å². The summed E-state index contributed by atoms with van der Waals surface area (Å²) in [6, 6.07) is 13.4. The van der Waals surface area contributed by atoms with E-state index >= 15 is 0 Å². The highest BCUT2D eigenvalue weighted by Crippen LogP contribution is 2.30. The van der Waals surface area contributed by atoms with Crippen LogP contribution in [0.25, 0.3) is 16.7 Å². The van der Waals surface area contributed by atoms with Crippen LogP contribution in [0.15, 0.2) is 47.3 Å². The Hall–Kier alpha value is -3.38. The van der Waals surface area contributed by atoms with Crippen molar-refractivity contribution in [2.24, 2.45) is 0 Å². The van der Waals surface area contributed by atoms with Crippen LogP contribution in [0, 0.1) is 11.3 Å². The maximum absolute atomic E-state index is 13.0. The average Bonchev–Trinajstić information content (AvgIpc) is 2.62. The highest BCUT2D eigenvalue weighted by atomic mass is 32.2. The molecule has 0 atom stereocenters. The summed E-state index contributed by atoms with van der Waals surface area (Å²) >= 11 is 0. The molecule has 2 heterocycles. The number of benzene rings is 1. The third kappa shape index (κ3) is 3.61. The Morgan fingerprint density at radius 1 is 1.19 bits per heavy atom. The van der Waals surface area contributed by atoms with Crippen molar-refractivity contribution < 1.29 is 17.3 Å². The van der Waals surface area contributed by atoms with E-state index in [1.807, 2.05) is 0 Å². The largest absolute Gasteiger partial charge is 0.478 e. The molecule has 9 heteroatoms. The van der Waals surface area contributed by atoms with Crippen LogP contribution in [0.3, 0.4) is 0 Å². The molecular formula is C18H15N3O5S. The van der Waals surface area contributed by atoms with Crippen LogP contribution < -0.4 is 14.5 Å². The van der Waals surface area contributed by atoms with Gasteiger partial charge in [-0.1, -0.05) is 18.2 Å². The molecule has 0 unspecified atom stereocenters. The molecule has 0 radical (unpaired) electrons. The number of aromatic nitrogens is 2. The van der Waals surface area contributed by atoms with Crippen LogP contribution >= 0.6 is 0 Å². The molecular weight excluding hydrogens is 370 g/mol. The Balaban J connectivity index is 2.49. The van der Waals surface area contributed by atoms with Gasteiger partial charge in [-0.25, -0.2) is 0 Å². The summed E-state index contributed by atoms with van der Waals surface area (Å²) < 4.78 is 34.9. The lowest BCUT2D eigenvalue weighted by Crippen LogP contribution is -2.24. The molecule has 8 nitrogen and oxygen atoms in total. The summed E-state index contributed by atoms with van der Waals surface area (Å²) in [5, 5.41) is 9.68. The van der Waals surface area contributed by atoms with Crippen LogP contribution in [0.4, 0.5) is 0 Å². The number of hydrogen-bond donors (Lipinski definition) is 0. The first-order chi connectivity index (χ1) is 12.9. The number of pyridine rings is 2. The topological polar surface area (TPSA) is 111 Å². The van der Waals surface area contributed by atoms with Gasteiger partial charge in [0.25, 0.3) is 5.56 Å².